The molecular weight excluding hydrogens is 168 g/mol. The van der Waals surface area contributed by atoms with Crippen LogP contribution in [0.15, 0.2) is 21.4 Å². The van der Waals surface area contributed by atoms with E-state index in [1.165, 1.54) is 5.56 Å². The molecule has 0 unspecified atom stereocenters. The Balaban J connectivity index is 2.84. The Morgan fingerprint density at radius 3 is 2.75 bits per heavy atom. The quantitative estimate of drug-likeness (QED) is 0.639. The van der Waals surface area contributed by atoms with Gasteiger partial charge in [0.05, 0.1) is 6.26 Å². The SMILES string of the molecule is CCc1coc(Br)c1. The molecule has 0 saturated carbocycles. The minimum absolute atomic E-state index is 0.814. The smallest absolute Gasteiger partial charge is 0.169 e. The lowest BCUT2D eigenvalue weighted by Crippen LogP contribution is -1.67. The number of halogens is 1. The molecule has 0 aliphatic rings. The van der Waals surface area contributed by atoms with Gasteiger partial charge in [-0.2, -0.15) is 0 Å². The van der Waals surface area contributed by atoms with Crippen LogP contribution in [0.5, 0.6) is 0 Å². The van der Waals surface area contributed by atoms with Crippen molar-refractivity contribution >= 4 is 15.9 Å². The molecule has 0 N–H and O–H groups in total. The Labute approximate surface area is 56.8 Å². The topological polar surface area (TPSA) is 13.1 Å². The van der Waals surface area contributed by atoms with E-state index in [0.29, 0.717) is 0 Å². The maximum Gasteiger partial charge on any atom is 0.169 e. The number of hydrogen-bond donors (Lipinski definition) is 0. The third-order valence-corrected chi connectivity index (χ3v) is 1.45. The average Bonchev–Trinajstić information content (AvgIpc) is 2.14. The van der Waals surface area contributed by atoms with Gasteiger partial charge in [-0.1, -0.05) is 6.92 Å². The molecule has 2 heteroatoms. The van der Waals surface area contributed by atoms with Gasteiger partial charge in [-0.25, -0.2) is 0 Å². The van der Waals surface area contributed by atoms with Crippen molar-refractivity contribution in [3.63, 3.8) is 0 Å². The molecule has 0 radical (unpaired) electrons. The molecule has 0 saturated heterocycles. The number of aryl methyl sites for hydroxylation is 1. The Morgan fingerprint density at radius 1 is 1.75 bits per heavy atom. The second-order valence-corrected chi connectivity index (χ2v) is 2.39. The molecule has 1 aromatic heterocycles. The van der Waals surface area contributed by atoms with E-state index in [9.17, 15) is 0 Å². The van der Waals surface area contributed by atoms with Crippen molar-refractivity contribution in [1.29, 1.82) is 0 Å². The highest BCUT2D eigenvalue weighted by Crippen LogP contribution is 2.13. The van der Waals surface area contributed by atoms with Crippen LogP contribution < -0.4 is 0 Å². The zero-order chi connectivity index (χ0) is 5.98. The van der Waals surface area contributed by atoms with Crippen LogP contribution in [0.2, 0.25) is 0 Å². The van der Waals surface area contributed by atoms with Crippen LogP contribution in [0.4, 0.5) is 0 Å². The summed E-state index contributed by atoms with van der Waals surface area (Å²) in [5.41, 5.74) is 1.23. The Bertz CT molecular complexity index is 169. The lowest BCUT2D eigenvalue weighted by atomic mass is 10.3. The van der Waals surface area contributed by atoms with Crippen molar-refractivity contribution in [3.8, 4) is 0 Å². The Kier molecular flexibility index (Phi) is 1.73. The molecule has 8 heavy (non-hydrogen) atoms. The summed E-state index contributed by atoms with van der Waals surface area (Å²) in [4.78, 5) is 0. The van der Waals surface area contributed by atoms with Gasteiger partial charge < -0.3 is 4.42 Å². The van der Waals surface area contributed by atoms with E-state index in [2.05, 4.69) is 22.9 Å². The Morgan fingerprint density at radius 2 is 2.50 bits per heavy atom. The first-order valence-corrected chi connectivity index (χ1v) is 3.35. The molecule has 0 atom stereocenters. The second kappa shape index (κ2) is 2.35. The third kappa shape index (κ3) is 1.13. The molecule has 0 spiro atoms. The van der Waals surface area contributed by atoms with Crippen molar-refractivity contribution in [2.45, 2.75) is 13.3 Å². The van der Waals surface area contributed by atoms with Crippen molar-refractivity contribution in [3.05, 3.63) is 22.6 Å². The number of rotatable bonds is 1. The van der Waals surface area contributed by atoms with Gasteiger partial charge in [-0.05, 0) is 34.0 Å². The molecule has 44 valence electrons. The van der Waals surface area contributed by atoms with Gasteiger partial charge in [0.1, 0.15) is 0 Å². The maximum absolute atomic E-state index is 4.97. The minimum atomic E-state index is 0.814. The first kappa shape index (κ1) is 5.89. The standard InChI is InChI=1S/C6H7BrO/c1-2-5-3-6(7)8-4-5/h3-4H,2H2,1H3. The first-order valence-electron chi connectivity index (χ1n) is 2.56. The van der Waals surface area contributed by atoms with Gasteiger partial charge in [-0.15, -0.1) is 0 Å². The predicted octanol–water partition coefficient (Wildman–Crippen LogP) is 2.60. The van der Waals surface area contributed by atoms with Gasteiger partial charge >= 0.3 is 0 Å². The van der Waals surface area contributed by atoms with Crippen LogP contribution >= 0.6 is 15.9 Å². The molecule has 0 fully saturated rings. The largest absolute Gasteiger partial charge is 0.457 e. The van der Waals surface area contributed by atoms with Gasteiger partial charge in [0.15, 0.2) is 4.67 Å². The fourth-order valence-corrected chi connectivity index (χ4v) is 0.919. The summed E-state index contributed by atoms with van der Waals surface area (Å²) in [6, 6.07) is 1.97. The average molecular weight is 175 g/mol. The van der Waals surface area contributed by atoms with Crippen molar-refractivity contribution in [2.24, 2.45) is 0 Å². The van der Waals surface area contributed by atoms with Crippen molar-refractivity contribution in [2.75, 3.05) is 0 Å². The first-order chi connectivity index (χ1) is 3.83. The van der Waals surface area contributed by atoms with E-state index in [-0.39, 0.29) is 0 Å². The summed E-state index contributed by atoms with van der Waals surface area (Å²) in [5, 5.41) is 0. The Hall–Kier alpha value is -0.240. The van der Waals surface area contributed by atoms with Gasteiger partial charge in [0, 0.05) is 0 Å². The summed E-state index contributed by atoms with van der Waals surface area (Å²) in [6.45, 7) is 2.09. The summed E-state index contributed by atoms with van der Waals surface area (Å²) >= 11 is 3.21. The highest BCUT2D eigenvalue weighted by atomic mass is 79.9. The molecule has 1 aromatic rings. The summed E-state index contributed by atoms with van der Waals surface area (Å²) < 4.78 is 5.79. The highest BCUT2D eigenvalue weighted by Gasteiger charge is 1.92. The van der Waals surface area contributed by atoms with Gasteiger partial charge in [-0.3, -0.25) is 0 Å². The van der Waals surface area contributed by atoms with Gasteiger partial charge in [0.25, 0.3) is 0 Å². The molecule has 1 rings (SSSR count). The van der Waals surface area contributed by atoms with Crippen LogP contribution in [0.1, 0.15) is 12.5 Å². The van der Waals surface area contributed by atoms with E-state index < -0.39 is 0 Å². The van der Waals surface area contributed by atoms with Crippen LogP contribution in [0.3, 0.4) is 0 Å². The maximum atomic E-state index is 4.97. The lowest BCUT2D eigenvalue weighted by molar-refractivity contribution is 0.539. The minimum Gasteiger partial charge on any atom is -0.457 e. The van der Waals surface area contributed by atoms with E-state index in [1.54, 1.807) is 6.26 Å². The molecule has 0 bridgehead atoms. The summed E-state index contributed by atoms with van der Waals surface area (Å²) in [5.74, 6) is 0. The third-order valence-electron chi connectivity index (χ3n) is 1.03. The fourth-order valence-electron chi connectivity index (χ4n) is 0.531. The van der Waals surface area contributed by atoms with Crippen LogP contribution in [0.25, 0.3) is 0 Å². The molecule has 0 aliphatic heterocycles. The molecule has 0 amide bonds. The van der Waals surface area contributed by atoms with Gasteiger partial charge in [0.2, 0.25) is 0 Å². The number of hydrogen-bond acceptors (Lipinski definition) is 1. The van der Waals surface area contributed by atoms with E-state index in [4.69, 9.17) is 4.42 Å². The van der Waals surface area contributed by atoms with Crippen LogP contribution in [-0.2, 0) is 6.42 Å². The predicted molar refractivity (Wildman–Crippen MR) is 35.8 cm³/mol. The molecule has 0 aromatic carbocycles. The number of furan rings is 1. The monoisotopic (exact) mass is 174 g/mol. The van der Waals surface area contributed by atoms with E-state index in [0.717, 1.165) is 11.1 Å². The molecular formula is C6H7BrO. The zero-order valence-corrected chi connectivity index (χ0v) is 6.23. The van der Waals surface area contributed by atoms with Crippen LogP contribution in [0, 0.1) is 0 Å². The normalized spacial score (nSPS) is 9.75. The van der Waals surface area contributed by atoms with Crippen LogP contribution in [-0.4, -0.2) is 0 Å². The summed E-state index contributed by atoms with van der Waals surface area (Å²) in [6.07, 6.45) is 2.79. The van der Waals surface area contributed by atoms with Crippen molar-refractivity contribution in [1.82, 2.24) is 0 Å². The summed E-state index contributed by atoms with van der Waals surface area (Å²) in [7, 11) is 0. The fraction of sp³-hybridized carbons (Fsp3) is 0.333. The van der Waals surface area contributed by atoms with E-state index in [1.807, 2.05) is 6.07 Å². The molecule has 0 aliphatic carbocycles. The lowest BCUT2D eigenvalue weighted by Gasteiger charge is -1.77. The molecule has 1 heterocycles. The highest BCUT2D eigenvalue weighted by molar-refractivity contribution is 9.10. The van der Waals surface area contributed by atoms with E-state index >= 15 is 0 Å². The second-order valence-electron chi connectivity index (χ2n) is 1.61. The van der Waals surface area contributed by atoms with Crippen molar-refractivity contribution < 1.29 is 4.42 Å². The molecule has 1 nitrogen and oxygen atoms in total. The zero-order valence-electron chi connectivity index (χ0n) is 4.65.